The van der Waals surface area contributed by atoms with E-state index in [-0.39, 0.29) is 6.04 Å². The Balaban J connectivity index is 2.39. The van der Waals surface area contributed by atoms with Crippen LogP contribution in [0.1, 0.15) is 11.6 Å². The fourth-order valence-electron chi connectivity index (χ4n) is 1.74. The van der Waals surface area contributed by atoms with E-state index in [1.807, 2.05) is 30.3 Å². The van der Waals surface area contributed by atoms with Crippen LogP contribution in [0.2, 0.25) is 5.02 Å². The molecule has 1 aromatic heterocycles. The summed E-state index contributed by atoms with van der Waals surface area (Å²) in [6, 6.07) is 9.87. The number of hydrogen-bond donors (Lipinski definition) is 1. The molecule has 0 aliphatic rings. The van der Waals surface area contributed by atoms with Gasteiger partial charge in [0.25, 0.3) is 0 Å². The highest BCUT2D eigenvalue weighted by Crippen LogP contribution is 2.25. The van der Waals surface area contributed by atoms with Gasteiger partial charge in [0.05, 0.1) is 12.8 Å². The zero-order valence-electron chi connectivity index (χ0n) is 9.51. The van der Waals surface area contributed by atoms with E-state index in [4.69, 9.17) is 22.1 Å². The van der Waals surface area contributed by atoms with Gasteiger partial charge in [0.1, 0.15) is 16.9 Å². The van der Waals surface area contributed by atoms with Gasteiger partial charge in [0.2, 0.25) is 0 Å². The van der Waals surface area contributed by atoms with Crippen LogP contribution in [0.3, 0.4) is 0 Å². The van der Waals surface area contributed by atoms with Crippen molar-refractivity contribution in [1.29, 1.82) is 0 Å². The molecule has 0 spiro atoms. The molecule has 1 atom stereocenters. The Hall–Kier alpha value is -1.52. The van der Waals surface area contributed by atoms with Crippen LogP contribution in [0.4, 0.5) is 5.82 Å². The molecule has 0 bridgehead atoms. The Labute approximate surface area is 105 Å². The van der Waals surface area contributed by atoms with E-state index >= 15 is 0 Å². The number of methoxy groups -OCH3 is 1. The van der Waals surface area contributed by atoms with Gasteiger partial charge in [0, 0.05) is 7.11 Å². The Morgan fingerprint density at radius 1 is 1.41 bits per heavy atom. The number of halogens is 1. The Morgan fingerprint density at radius 2 is 2.12 bits per heavy atom. The van der Waals surface area contributed by atoms with Gasteiger partial charge in [-0.3, -0.25) is 0 Å². The molecule has 0 amide bonds. The lowest BCUT2D eigenvalue weighted by atomic mass is 10.1. The first-order chi connectivity index (χ1) is 8.24. The number of nitrogens with two attached hydrogens (primary N) is 1. The minimum atomic E-state index is -0.0614. The van der Waals surface area contributed by atoms with Gasteiger partial charge in [-0.2, -0.15) is 5.10 Å². The summed E-state index contributed by atoms with van der Waals surface area (Å²) < 4.78 is 6.90. The molecule has 0 saturated carbocycles. The number of ether oxygens (including phenoxy) is 1. The topological polar surface area (TPSA) is 53.1 Å². The zero-order chi connectivity index (χ0) is 12.3. The Kier molecular flexibility index (Phi) is 3.66. The largest absolute Gasteiger partial charge is 0.383 e. The van der Waals surface area contributed by atoms with Gasteiger partial charge in [-0.25, -0.2) is 4.68 Å². The molecule has 0 fully saturated rings. The summed E-state index contributed by atoms with van der Waals surface area (Å²) in [4.78, 5) is 0. The predicted molar refractivity (Wildman–Crippen MR) is 68.1 cm³/mol. The van der Waals surface area contributed by atoms with Crippen molar-refractivity contribution in [2.75, 3.05) is 19.5 Å². The van der Waals surface area contributed by atoms with E-state index in [1.54, 1.807) is 18.0 Å². The van der Waals surface area contributed by atoms with E-state index in [2.05, 4.69) is 5.10 Å². The maximum absolute atomic E-state index is 5.91. The summed E-state index contributed by atoms with van der Waals surface area (Å²) in [7, 11) is 1.65. The van der Waals surface area contributed by atoms with E-state index in [9.17, 15) is 0 Å². The van der Waals surface area contributed by atoms with E-state index in [1.165, 1.54) is 0 Å². The molecule has 1 aromatic carbocycles. The number of anilines is 1. The SMILES string of the molecule is COCC(c1ccccc1)n1ncc(Cl)c1N. The van der Waals surface area contributed by atoms with Gasteiger partial charge >= 0.3 is 0 Å². The molecular formula is C12H14ClN3O. The van der Waals surface area contributed by atoms with E-state index in [0.29, 0.717) is 17.4 Å². The van der Waals surface area contributed by atoms with Crippen molar-refractivity contribution in [3.63, 3.8) is 0 Å². The summed E-state index contributed by atoms with van der Waals surface area (Å²) in [6.07, 6.45) is 1.54. The molecule has 5 heteroatoms. The molecule has 2 aromatic rings. The van der Waals surface area contributed by atoms with Crippen molar-refractivity contribution in [3.05, 3.63) is 47.1 Å². The number of rotatable bonds is 4. The van der Waals surface area contributed by atoms with E-state index < -0.39 is 0 Å². The van der Waals surface area contributed by atoms with Crippen molar-refractivity contribution in [2.45, 2.75) is 6.04 Å². The molecule has 90 valence electrons. The second-order valence-corrected chi connectivity index (χ2v) is 4.11. The van der Waals surface area contributed by atoms with Crippen molar-refractivity contribution < 1.29 is 4.74 Å². The first kappa shape index (κ1) is 12.0. The van der Waals surface area contributed by atoms with Crippen LogP contribution in [0.5, 0.6) is 0 Å². The molecule has 0 aliphatic carbocycles. The van der Waals surface area contributed by atoms with Crippen LogP contribution >= 0.6 is 11.6 Å². The lowest BCUT2D eigenvalue weighted by Gasteiger charge is -2.18. The summed E-state index contributed by atoms with van der Waals surface area (Å²) in [5.74, 6) is 0.456. The molecule has 2 N–H and O–H groups in total. The van der Waals surface area contributed by atoms with Crippen molar-refractivity contribution in [2.24, 2.45) is 0 Å². The lowest BCUT2D eigenvalue weighted by molar-refractivity contribution is 0.165. The normalized spacial score (nSPS) is 12.6. The predicted octanol–water partition coefficient (Wildman–Crippen LogP) is 2.35. The number of benzene rings is 1. The molecule has 4 nitrogen and oxygen atoms in total. The fraction of sp³-hybridized carbons (Fsp3) is 0.250. The Bertz CT molecular complexity index is 484. The average Bonchev–Trinajstić information content (AvgIpc) is 2.69. The highest BCUT2D eigenvalue weighted by atomic mass is 35.5. The summed E-state index contributed by atoms with van der Waals surface area (Å²) in [5.41, 5.74) is 6.97. The first-order valence-corrected chi connectivity index (χ1v) is 5.64. The van der Waals surface area contributed by atoms with Crippen LogP contribution in [0.15, 0.2) is 36.5 Å². The van der Waals surface area contributed by atoms with Crippen molar-refractivity contribution in [1.82, 2.24) is 9.78 Å². The second-order valence-electron chi connectivity index (χ2n) is 3.70. The third-order valence-corrected chi connectivity index (χ3v) is 2.88. The van der Waals surface area contributed by atoms with Crippen molar-refractivity contribution in [3.8, 4) is 0 Å². The van der Waals surface area contributed by atoms with E-state index in [0.717, 1.165) is 5.56 Å². The molecule has 2 rings (SSSR count). The third kappa shape index (κ3) is 2.43. The Morgan fingerprint density at radius 3 is 2.65 bits per heavy atom. The van der Waals surface area contributed by atoms with Crippen LogP contribution in [0, 0.1) is 0 Å². The second kappa shape index (κ2) is 5.21. The maximum atomic E-state index is 5.91. The number of nitrogen functional groups attached to an aromatic ring is 1. The summed E-state index contributed by atoms with van der Waals surface area (Å²) >= 11 is 5.91. The van der Waals surface area contributed by atoms with Crippen LogP contribution < -0.4 is 5.73 Å². The quantitative estimate of drug-likeness (QED) is 0.908. The summed E-state index contributed by atoms with van der Waals surface area (Å²) in [5, 5.41) is 4.65. The lowest BCUT2D eigenvalue weighted by Crippen LogP contribution is -2.19. The minimum Gasteiger partial charge on any atom is -0.383 e. The van der Waals surface area contributed by atoms with Crippen LogP contribution in [-0.4, -0.2) is 23.5 Å². The molecule has 1 heterocycles. The molecule has 17 heavy (non-hydrogen) atoms. The highest BCUT2D eigenvalue weighted by molar-refractivity contribution is 6.32. The third-order valence-electron chi connectivity index (χ3n) is 2.59. The van der Waals surface area contributed by atoms with Gasteiger partial charge in [0.15, 0.2) is 0 Å². The van der Waals surface area contributed by atoms with Gasteiger partial charge < -0.3 is 10.5 Å². The highest BCUT2D eigenvalue weighted by Gasteiger charge is 2.18. The average molecular weight is 252 g/mol. The van der Waals surface area contributed by atoms with Crippen molar-refractivity contribution >= 4 is 17.4 Å². The molecule has 1 unspecified atom stereocenters. The standard InChI is InChI=1S/C12H14ClN3O/c1-17-8-11(9-5-3-2-4-6-9)16-12(14)10(13)7-15-16/h2-7,11H,8,14H2,1H3. The van der Waals surface area contributed by atoms with Gasteiger partial charge in [-0.15, -0.1) is 0 Å². The fourth-order valence-corrected chi connectivity index (χ4v) is 1.87. The van der Waals surface area contributed by atoms with Crippen LogP contribution in [0.25, 0.3) is 0 Å². The minimum absolute atomic E-state index is 0.0614. The number of hydrogen-bond acceptors (Lipinski definition) is 3. The van der Waals surface area contributed by atoms with Crippen LogP contribution in [-0.2, 0) is 4.74 Å². The molecule has 0 aliphatic heterocycles. The number of nitrogens with zero attached hydrogens (tertiary/aromatic N) is 2. The maximum Gasteiger partial charge on any atom is 0.141 e. The summed E-state index contributed by atoms with van der Waals surface area (Å²) in [6.45, 7) is 0.492. The molecule has 0 saturated heterocycles. The monoisotopic (exact) mass is 251 g/mol. The zero-order valence-corrected chi connectivity index (χ0v) is 10.3. The first-order valence-electron chi connectivity index (χ1n) is 5.26. The smallest absolute Gasteiger partial charge is 0.141 e. The van der Waals surface area contributed by atoms with Gasteiger partial charge in [-0.1, -0.05) is 41.9 Å². The number of aromatic nitrogens is 2. The molecular weight excluding hydrogens is 238 g/mol. The van der Waals surface area contributed by atoms with Gasteiger partial charge in [-0.05, 0) is 5.56 Å². The molecule has 0 radical (unpaired) electrons.